The van der Waals surface area contributed by atoms with E-state index in [1.165, 1.54) is 0 Å². The summed E-state index contributed by atoms with van der Waals surface area (Å²) in [6.45, 7) is 2.58. The summed E-state index contributed by atoms with van der Waals surface area (Å²) in [5.41, 5.74) is 9.95. The molecule has 4 aromatic rings. The van der Waals surface area contributed by atoms with Crippen LogP contribution in [0.25, 0.3) is 10.9 Å². The molecule has 0 aliphatic heterocycles. The lowest BCUT2D eigenvalue weighted by Gasteiger charge is -2.13. The van der Waals surface area contributed by atoms with Crippen LogP contribution < -0.4 is 5.73 Å². The lowest BCUT2D eigenvalue weighted by molar-refractivity contribution is 0.0998. The molecular formula is C26H23ClN2O2. The van der Waals surface area contributed by atoms with Crippen LogP contribution in [-0.2, 0) is 13.0 Å². The highest BCUT2D eigenvalue weighted by Gasteiger charge is 2.24. The fourth-order valence-electron chi connectivity index (χ4n) is 4.02. The first-order chi connectivity index (χ1) is 15.0. The second-order valence-electron chi connectivity index (χ2n) is 7.54. The van der Waals surface area contributed by atoms with Gasteiger partial charge in [-0.25, -0.2) is 0 Å². The van der Waals surface area contributed by atoms with Crippen molar-refractivity contribution in [2.75, 3.05) is 0 Å². The molecule has 2 N–H and O–H groups in total. The van der Waals surface area contributed by atoms with Crippen LogP contribution in [0.2, 0.25) is 5.02 Å². The zero-order valence-electron chi connectivity index (χ0n) is 17.3. The number of amides is 1. The van der Waals surface area contributed by atoms with E-state index in [2.05, 4.69) is 11.5 Å². The Bertz CT molecular complexity index is 1280. The van der Waals surface area contributed by atoms with E-state index in [1.54, 1.807) is 12.1 Å². The minimum Gasteiger partial charge on any atom is -0.366 e. The highest BCUT2D eigenvalue weighted by atomic mass is 35.5. The molecule has 0 aliphatic carbocycles. The molecule has 1 amide bonds. The first-order valence-electron chi connectivity index (χ1n) is 10.3. The quantitative estimate of drug-likeness (QED) is 0.386. The molecule has 156 valence electrons. The number of rotatable bonds is 7. The van der Waals surface area contributed by atoms with Gasteiger partial charge in [0.05, 0.1) is 11.1 Å². The Morgan fingerprint density at radius 2 is 1.65 bits per heavy atom. The first-order valence-corrected chi connectivity index (χ1v) is 10.7. The smallest absolute Gasteiger partial charge is 0.248 e. The molecule has 0 spiro atoms. The van der Waals surface area contributed by atoms with Crippen LogP contribution in [0.4, 0.5) is 0 Å². The zero-order valence-corrected chi connectivity index (χ0v) is 18.0. The van der Waals surface area contributed by atoms with Crippen molar-refractivity contribution in [1.82, 2.24) is 4.57 Å². The fourth-order valence-corrected chi connectivity index (χ4v) is 4.21. The molecule has 0 aliphatic rings. The number of benzene rings is 3. The molecule has 0 radical (unpaired) electrons. The third kappa shape index (κ3) is 3.99. The van der Waals surface area contributed by atoms with Gasteiger partial charge in [0.25, 0.3) is 0 Å². The first kappa shape index (κ1) is 20.9. The summed E-state index contributed by atoms with van der Waals surface area (Å²) < 4.78 is 2.10. The van der Waals surface area contributed by atoms with E-state index in [4.69, 9.17) is 17.3 Å². The average molecular weight is 431 g/mol. The van der Waals surface area contributed by atoms with Crippen molar-refractivity contribution < 1.29 is 9.59 Å². The summed E-state index contributed by atoms with van der Waals surface area (Å²) in [6.07, 6.45) is 1.59. The van der Waals surface area contributed by atoms with Crippen molar-refractivity contribution in [3.8, 4) is 0 Å². The number of aromatic nitrogens is 1. The summed E-state index contributed by atoms with van der Waals surface area (Å²) in [7, 11) is 0. The average Bonchev–Trinajstić information content (AvgIpc) is 3.08. The van der Waals surface area contributed by atoms with Crippen molar-refractivity contribution in [2.24, 2.45) is 5.73 Å². The number of halogens is 1. The van der Waals surface area contributed by atoms with Gasteiger partial charge in [0.2, 0.25) is 5.91 Å². The number of hydrogen-bond acceptors (Lipinski definition) is 2. The second-order valence-corrected chi connectivity index (χ2v) is 7.95. The molecule has 4 nitrogen and oxygen atoms in total. The number of nitrogens with two attached hydrogens (primary N) is 1. The summed E-state index contributed by atoms with van der Waals surface area (Å²) in [5, 5.41) is 1.48. The predicted octanol–water partition coefficient (Wildman–Crippen LogP) is 5.63. The summed E-state index contributed by atoms with van der Waals surface area (Å²) in [4.78, 5) is 25.4. The molecule has 0 unspecified atom stereocenters. The highest BCUT2D eigenvalue weighted by molar-refractivity contribution is 6.31. The van der Waals surface area contributed by atoms with Gasteiger partial charge in [-0.05, 0) is 30.2 Å². The SMILES string of the molecule is CCCc1c(C(=O)c2ccccc2)c2ccc(C(N)=O)cc2n1Cc1ccccc1Cl. The van der Waals surface area contributed by atoms with E-state index in [0.717, 1.165) is 35.0 Å². The molecule has 3 aromatic carbocycles. The molecule has 31 heavy (non-hydrogen) atoms. The maximum atomic E-state index is 13.6. The molecule has 0 atom stereocenters. The van der Waals surface area contributed by atoms with Gasteiger partial charge in [0, 0.05) is 33.8 Å². The van der Waals surface area contributed by atoms with Gasteiger partial charge in [-0.3, -0.25) is 9.59 Å². The Morgan fingerprint density at radius 1 is 0.935 bits per heavy atom. The molecule has 1 heterocycles. The third-order valence-electron chi connectivity index (χ3n) is 5.49. The van der Waals surface area contributed by atoms with E-state index in [0.29, 0.717) is 28.3 Å². The zero-order chi connectivity index (χ0) is 22.0. The van der Waals surface area contributed by atoms with Crippen LogP contribution in [0.3, 0.4) is 0 Å². The molecule has 5 heteroatoms. The normalized spacial score (nSPS) is 11.0. The molecule has 0 saturated heterocycles. The van der Waals surface area contributed by atoms with Gasteiger partial charge in [-0.15, -0.1) is 0 Å². The number of carbonyl (C=O) groups excluding carboxylic acids is 2. The maximum Gasteiger partial charge on any atom is 0.248 e. The van der Waals surface area contributed by atoms with Gasteiger partial charge in [-0.1, -0.05) is 79.5 Å². The van der Waals surface area contributed by atoms with Crippen LogP contribution in [0, 0.1) is 0 Å². The number of ketones is 1. The van der Waals surface area contributed by atoms with E-state index >= 15 is 0 Å². The van der Waals surface area contributed by atoms with Gasteiger partial charge in [0.1, 0.15) is 0 Å². The van der Waals surface area contributed by atoms with Crippen molar-refractivity contribution in [3.63, 3.8) is 0 Å². The Morgan fingerprint density at radius 3 is 2.32 bits per heavy atom. The number of hydrogen-bond donors (Lipinski definition) is 1. The van der Waals surface area contributed by atoms with Crippen LogP contribution in [0.1, 0.15) is 50.9 Å². The summed E-state index contributed by atoms with van der Waals surface area (Å²) in [5.74, 6) is -0.529. The number of primary amides is 1. The Labute approximate surface area is 186 Å². The van der Waals surface area contributed by atoms with Crippen LogP contribution in [-0.4, -0.2) is 16.3 Å². The van der Waals surface area contributed by atoms with Gasteiger partial charge >= 0.3 is 0 Å². The predicted molar refractivity (Wildman–Crippen MR) is 125 cm³/mol. The lowest BCUT2D eigenvalue weighted by atomic mass is 9.98. The topological polar surface area (TPSA) is 65.1 Å². The standard InChI is InChI=1S/C26H23ClN2O2/c1-2-8-22-24(25(30)17-9-4-3-5-10-17)20-14-13-18(26(28)31)15-23(20)29(22)16-19-11-6-7-12-21(19)27/h3-7,9-15H,2,8,16H2,1H3,(H2,28,31). The van der Waals surface area contributed by atoms with Crippen molar-refractivity contribution in [3.05, 3.63) is 106 Å². The minimum absolute atomic E-state index is 0.0289. The van der Waals surface area contributed by atoms with E-state index in [1.807, 2.05) is 60.7 Å². The monoisotopic (exact) mass is 430 g/mol. The minimum atomic E-state index is -0.500. The second kappa shape index (κ2) is 8.78. The van der Waals surface area contributed by atoms with Crippen LogP contribution in [0.15, 0.2) is 72.8 Å². The van der Waals surface area contributed by atoms with E-state index in [-0.39, 0.29) is 5.78 Å². The molecule has 0 bridgehead atoms. The molecule has 0 saturated carbocycles. The Balaban J connectivity index is 2.00. The highest BCUT2D eigenvalue weighted by Crippen LogP contribution is 2.32. The van der Waals surface area contributed by atoms with Gasteiger partial charge in [0.15, 0.2) is 5.78 Å². The van der Waals surface area contributed by atoms with E-state index < -0.39 is 5.91 Å². The molecule has 4 rings (SSSR count). The summed E-state index contributed by atoms with van der Waals surface area (Å²) >= 11 is 6.45. The molecule has 1 aromatic heterocycles. The van der Waals surface area contributed by atoms with Gasteiger partial charge in [-0.2, -0.15) is 0 Å². The number of fused-ring (bicyclic) bond motifs is 1. The lowest BCUT2D eigenvalue weighted by Crippen LogP contribution is -2.11. The fraction of sp³-hybridized carbons (Fsp3) is 0.154. The van der Waals surface area contributed by atoms with Gasteiger partial charge < -0.3 is 10.3 Å². The molecule has 0 fully saturated rings. The van der Waals surface area contributed by atoms with Crippen LogP contribution >= 0.6 is 11.6 Å². The largest absolute Gasteiger partial charge is 0.366 e. The maximum absolute atomic E-state index is 13.6. The number of carbonyl (C=O) groups is 2. The van der Waals surface area contributed by atoms with Crippen molar-refractivity contribution in [1.29, 1.82) is 0 Å². The molecular weight excluding hydrogens is 408 g/mol. The van der Waals surface area contributed by atoms with Crippen LogP contribution in [0.5, 0.6) is 0 Å². The third-order valence-corrected chi connectivity index (χ3v) is 5.86. The summed E-state index contributed by atoms with van der Waals surface area (Å²) in [6, 6.07) is 22.2. The van der Waals surface area contributed by atoms with E-state index in [9.17, 15) is 9.59 Å². The number of nitrogens with zero attached hydrogens (tertiary/aromatic N) is 1. The van der Waals surface area contributed by atoms with Crippen molar-refractivity contribution in [2.45, 2.75) is 26.3 Å². The van der Waals surface area contributed by atoms with Crippen molar-refractivity contribution >= 4 is 34.2 Å². The Hall–Kier alpha value is -3.37. The Kier molecular flexibility index (Phi) is 5.92.